The first-order chi connectivity index (χ1) is 17.5. The lowest BCUT2D eigenvalue weighted by atomic mass is 10.1. The molecule has 0 unspecified atom stereocenters. The monoisotopic (exact) mass is 487 g/mol. The molecule has 4 aromatic rings. The number of ether oxygens (including phenoxy) is 3. The van der Waals surface area contributed by atoms with Crippen molar-refractivity contribution in [1.29, 1.82) is 0 Å². The smallest absolute Gasteiger partial charge is 0.257 e. The number of amides is 1. The van der Waals surface area contributed by atoms with E-state index in [1.165, 1.54) is 0 Å². The van der Waals surface area contributed by atoms with Crippen LogP contribution in [0.5, 0.6) is 17.2 Å². The number of methoxy groups -OCH3 is 1. The summed E-state index contributed by atoms with van der Waals surface area (Å²) in [6.45, 7) is 5.79. The first kappa shape index (κ1) is 25.1. The largest absolute Gasteiger partial charge is 0.497 e. The minimum atomic E-state index is -0.148. The number of hydrogen-bond acceptors (Lipinski definition) is 5. The summed E-state index contributed by atoms with van der Waals surface area (Å²) < 4.78 is 19.1. The van der Waals surface area contributed by atoms with E-state index in [0.29, 0.717) is 19.6 Å². The van der Waals surface area contributed by atoms with Crippen LogP contribution in [-0.2, 0) is 17.8 Å². The summed E-state index contributed by atoms with van der Waals surface area (Å²) in [5.74, 6) is 3.09. The van der Waals surface area contributed by atoms with Crippen LogP contribution in [-0.4, -0.2) is 42.3 Å². The first-order valence-corrected chi connectivity index (χ1v) is 12.2. The van der Waals surface area contributed by atoms with Crippen LogP contribution in [0.3, 0.4) is 0 Å². The zero-order valence-corrected chi connectivity index (χ0v) is 21.1. The summed E-state index contributed by atoms with van der Waals surface area (Å²) in [7, 11) is 1.64. The zero-order valence-electron chi connectivity index (χ0n) is 21.1. The zero-order chi connectivity index (χ0) is 25.3. The van der Waals surface area contributed by atoms with Gasteiger partial charge in [0.15, 0.2) is 6.61 Å². The van der Waals surface area contributed by atoms with Gasteiger partial charge in [0.05, 0.1) is 24.8 Å². The van der Waals surface area contributed by atoms with E-state index in [4.69, 9.17) is 19.2 Å². The molecule has 1 heterocycles. The molecule has 1 aromatic heterocycles. The molecule has 0 aliphatic rings. The second kappa shape index (κ2) is 12.1. The van der Waals surface area contributed by atoms with Crippen LogP contribution in [0.15, 0.2) is 66.7 Å². The van der Waals surface area contributed by atoms with Crippen LogP contribution in [0.2, 0.25) is 0 Å². The van der Waals surface area contributed by atoms with Crippen molar-refractivity contribution >= 4 is 16.9 Å². The molecule has 0 atom stereocenters. The molecule has 1 amide bonds. The van der Waals surface area contributed by atoms with E-state index < -0.39 is 0 Å². The number of para-hydroxylation sites is 2. The number of nitrogens with one attached hydrogen (secondary N) is 1. The van der Waals surface area contributed by atoms with E-state index in [0.717, 1.165) is 58.2 Å². The van der Waals surface area contributed by atoms with Crippen molar-refractivity contribution in [3.8, 4) is 17.2 Å². The molecule has 4 rings (SSSR count). The molecular weight excluding hydrogens is 454 g/mol. The van der Waals surface area contributed by atoms with Gasteiger partial charge in [-0.05, 0) is 61.7 Å². The summed E-state index contributed by atoms with van der Waals surface area (Å²) in [4.78, 5) is 17.2. The molecule has 0 aliphatic carbocycles. The quantitative estimate of drug-likeness (QED) is 0.289. The average molecular weight is 488 g/mol. The second-order valence-corrected chi connectivity index (χ2v) is 8.71. The SMILES string of the molecule is COc1cccc(OCCCn2c(CCNC(=O)COc3cc(C)ccc3C)nc3ccccc32)c1. The molecule has 0 saturated heterocycles. The number of hydrogen-bond donors (Lipinski definition) is 1. The molecule has 7 nitrogen and oxygen atoms in total. The van der Waals surface area contributed by atoms with E-state index in [9.17, 15) is 4.79 Å². The highest BCUT2D eigenvalue weighted by molar-refractivity contribution is 5.78. The number of imidazole rings is 1. The summed E-state index contributed by atoms with van der Waals surface area (Å²) in [5.41, 5.74) is 4.14. The van der Waals surface area contributed by atoms with Crippen molar-refractivity contribution in [2.75, 3.05) is 26.9 Å². The van der Waals surface area contributed by atoms with Crippen LogP contribution in [0.1, 0.15) is 23.4 Å². The highest BCUT2D eigenvalue weighted by atomic mass is 16.5. The van der Waals surface area contributed by atoms with Crippen molar-refractivity contribution in [2.24, 2.45) is 0 Å². The maximum atomic E-state index is 12.4. The van der Waals surface area contributed by atoms with Crippen LogP contribution in [0.4, 0.5) is 0 Å². The Balaban J connectivity index is 1.30. The predicted octanol–water partition coefficient (Wildman–Crippen LogP) is 4.87. The first-order valence-electron chi connectivity index (χ1n) is 12.2. The Morgan fingerprint density at radius 3 is 2.67 bits per heavy atom. The molecular formula is C29H33N3O4. The molecule has 0 spiro atoms. The Kier molecular flexibility index (Phi) is 8.44. The summed E-state index contributed by atoms with van der Waals surface area (Å²) >= 11 is 0. The van der Waals surface area contributed by atoms with Crippen LogP contribution in [0.25, 0.3) is 11.0 Å². The Labute approximate surface area is 212 Å². The van der Waals surface area contributed by atoms with Gasteiger partial charge in [0.2, 0.25) is 0 Å². The van der Waals surface area contributed by atoms with Gasteiger partial charge in [-0.2, -0.15) is 0 Å². The third kappa shape index (κ3) is 6.56. The van der Waals surface area contributed by atoms with E-state index in [1.54, 1.807) is 7.11 Å². The standard InChI is InChI=1S/C29H33N3O4/c1-21-12-13-22(2)27(18-21)36-20-29(33)30-15-14-28-31-25-10-4-5-11-26(25)32(28)16-7-17-35-24-9-6-8-23(19-24)34-3/h4-6,8-13,18-19H,7,14-17,20H2,1-3H3,(H,30,33). The number of carbonyl (C=O) groups excluding carboxylic acids is 1. The lowest BCUT2D eigenvalue weighted by Gasteiger charge is -2.12. The van der Waals surface area contributed by atoms with Crippen molar-refractivity contribution < 1.29 is 19.0 Å². The molecule has 0 saturated carbocycles. The average Bonchev–Trinajstić information content (AvgIpc) is 3.24. The fraction of sp³-hybridized carbons (Fsp3) is 0.310. The van der Waals surface area contributed by atoms with Gasteiger partial charge in [0.25, 0.3) is 5.91 Å². The van der Waals surface area contributed by atoms with E-state index >= 15 is 0 Å². The molecule has 7 heteroatoms. The number of rotatable bonds is 12. The topological polar surface area (TPSA) is 74.6 Å². The van der Waals surface area contributed by atoms with E-state index in [1.807, 2.05) is 74.5 Å². The van der Waals surface area contributed by atoms with Gasteiger partial charge in [0.1, 0.15) is 23.1 Å². The number of fused-ring (bicyclic) bond motifs is 1. The Morgan fingerprint density at radius 2 is 1.81 bits per heavy atom. The van der Waals surface area contributed by atoms with Crippen LogP contribution < -0.4 is 19.5 Å². The molecule has 0 bridgehead atoms. The maximum absolute atomic E-state index is 12.4. The highest BCUT2D eigenvalue weighted by Gasteiger charge is 2.12. The van der Waals surface area contributed by atoms with Crippen LogP contribution >= 0.6 is 0 Å². The maximum Gasteiger partial charge on any atom is 0.257 e. The molecule has 0 fully saturated rings. The predicted molar refractivity (Wildman–Crippen MR) is 141 cm³/mol. The number of aryl methyl sites for hydroxylation is 3. The van der Waals surface area contributed by atoms with Crippen molar-refractivity contribution in [3.05, 3.63) is 83.7 Å². The summed E-state index contributed by atoms with van der Waals surface area (Å²) in [6, 6.07) is 21.7. The van der Waals surface area contributed by atoms with Crippen molar-refractivity contribution in [2.45, 2.75) is 33.2 Å². The van der Waals surface area contributed by atoms with Gasteiger partial charge in [-0.1, -0.05) is 30.3 Å². The number of aromatic nitrogens is 2. The van der Waals surface area contributed by atoms with Gasteiger partial charge in [-0.3, -0.25) is 4.79 Å². The molecule has 0 aliphatic heterocycles. The van der Waals surface area contributed by atoms with Gasteiger partial charge in [-0.15, -0.1) is 0 Å². The molecule has 3 aromatic carbocycles. The normalized spacial score (nSPS) is 10.9. The fourth-order valence-electron chi connectivity index (χ4n) is 4.04. The second-order valence-electron chi connectivity index (χ2n) is 8.71. The Bertz CT molecular complexity index is 1320. The summed E-state index contributed by atoms with van der Waals surface area (Å²) in [5, 5.41) is 2.95. The number of carbonyl (C=O) groups is 1. The van der Waals surface area contributed by atoms with E-state index in [-0.39, 0.29) is 12.5 Å². The van der Waals surface area contributed by atoms with Crippen LogP contribution in [0, 0.1) is 13.8 Å². The van der Waals surface area contributed by atoms with Gasteiger partial charge in [-0.25, -0.2) is 4.98 Å². The lowest BCUT2D eigenvalue weighted by Crippen LogP contribution is -2.31. The van der Waals surface area contributed by atoms with E-state index in [2.05, 4.69) is 16.0 Å². The van der Waals surface area contributed by atoms with Crippen molar-refractivity contribution in [3.63, 3.8) is 0 Å². The lowest BCUT2D eigenvalue weighted by molar-refractivity contribution is -0.123. The molecule has 1 N–H and O–H groups in total. The molecule has 188 valence electrons. The summed E-state index contributed by atoms with van der Waals surface area (Å²) in [6.07, 6.45) is 1.45. The third-order valence-corrected chi connectivity index (χ3v) is 5.94. The molecule has 0 radical (unpaired) electrons. The van der Waals surface area contributed by atoms with Gasteiger partial charge >= 0.3 is 0 Å². The fourth-order valence-corrected chi connectivity index (χ4v) is 4.04. The minimum Gasteiger partial charge on any atom is -0.497 e. The minimum absolute atomic E-state index is 0.0116. The number of nitrogens with zero attached hydrogens (tertiary/aromatic N) is 2. The van der Waals surface area contributed by atoms with Gasteiger partial charge < -0.3 is 24.1 Å². The van der Waals surface area contributed by atoms with Gasteiger partial charge in [0, 0.05) is 25.6 Å². The Morgan fingerprint density at radius 1 is 0.972 bits per heavy atom. The Hall–Kier alpha value is -4.00. The number of benzene rings is 3. The molecule has 36 heavy (non-hydrogen) atoms. The third-order valence-electron chi connectivity index (χ3n) is 5.94. The highest BCUT2D eigenvalue weighted by Crippen LogP contribution is 2.21. The van der Waals surface area contributed by atoms with Crippen molar-refractivity contribution in [1.82, 2.24) is 14.9 Å².